The summed E-state index contributed by atoms with van der Waals surface area (Å²) in [5.41, 5.74) is 6.91. The van der Waals surface area contributed by atoms with Gasteiger partial charge in [-0.3, -0.25) is 0 Å². The third-order valence-corrected chi connectivity index (χ3v) is 4.82. The van der Waals surface area contributed by atoms with Crippen molar-refractivity contribution in [2.75, 3.05) is 0 Å². The van der Waals surface area contributed by atoms with E-state index in [-0.39, 0.29) is 0 Å². The minimum atomic E-state index is 0.500. The van der Waals surface area contributed by atoms with Crippen molar-refractivity contribution in [3.05, 3.63) is 0 Å². The van der Waals surface area contributed by atoms with E-state index in [0.717, 1.165) is 11.8 Å². The Bertz CT molecular complexity index is 187. The van der Waals surface area contributed by atoms with Crippen LogP contribution in [0.5, 0.6) is 0 Å². The molecule has 2 fully saturated rings. The minimum absolute atomic E-state index is 0.500. The summed E-state index contributed by atoms with van der Waals surface area (Å²) in [6, 6.07) is 0.500. The molecule has 0 aromatic carbocycles. The van der Waals surface area contributed by atoms with Gasteiger partial charge in [-0.2, -0.15) is 0 Å². The fraction of sp³-hybridized carbons (Fsp3) is 1.00. The second-order valence-corrected chi connectivity index (χ2v) is 5.87. The Morgan fingerprint density at radius 1 is 1.21 bits per heavy atom. The highest BCUT2D eigenvalue weighted by Gasteiger charge is 2.46. The molecule has 0 aliphatic heterocycles. The lowest BCUT2D eigenvalue weighted by Gasteiger charge is -2.34. The lowest BCUT2D eigenvalue weighted by Crippen LogP contribution is -2.39. The van der Waals surface area contributed by atoms with Crippen molar-refractivity contribution >= 4 is 0 Å². The maximum atomic E-state index is 6.37. The first-order valence-electron chi connectivity index (χ1n) is 6.41. The Labute approximate surface area is 88.4 Å². The van der Waals surface area contributed by atoms with Gasteiger partial charge in [-0.05, 0) is 42.9 Å². The fourth-order valence-corrected chi connectivity index (χ4v) is 3.06. The van der Waals surface area contributed by atoms with Crippen LogP contribution in [0.3, 0.4) is 0 Å². The van der Waals surface area contributed by atoms with Crippen LogP contribution in [-0.2, 0) is 0 Å². The Morgan fingerprint density at radius 3 is 2.21 bits per heavy atom. The van der Waals surface area contributed by atoms with E-state index in [1.165, 1.54) is 44.9 Å². The molecule has 1 unspecified atom stereocenters. The lowest BCUT2D eigenvalue weighted by atomic mass is 9.74. The Morgan fingerprint density at radius 2 is 1.79 bits per heavy atom. The molecule has 2 saturated carbocycles. The number of rotatable bonds is 3. The molecule has 2 N–H and O–H groups in total. The first kappa shape index (κ1) is 10.5. The van der Waals surface area contributed by atoms with Gasteiger partial charge in [-0.1, -0.05) is 33.1 Å². The van der Waals surface area contributed by atoms with Crippen molar-refractivity contribution < 1.29 is 0 Å². The third-order valence-electron chi connectivity index (χ3n) is 4.82. The van der Waals surface area contributed by atoms with Crippen molar-refractivity contribution in [3.8, 4) is 0 Å². The number of hydrogen-bond donors (Lipinski definition) is 1. The zero-order valence-electron chi connectivity index (χ0n) is 9.76. The number of hydrogen-bond acceptors (Lipinski definition) is 1. The Balaban J connectivity index is 1.83. The van der Waals surface area contributed by atoms with Gasteiger partial charge in [0, 0.05) is 6.04 Å². The average Bonchev–Trinajstić information content (AvgIpc) is 2.97. The predicted molar refractivity (Wildman–Crippen MR) is 61.1 cm³/mol. The summed E-state index contributed by atoms with van der Waals surface area (Å²) in [4.78, 5) is 0. The quantitative estimate of drug-likeness (QED) is 0.734. The summed E-state index contributed by atoms with van der Waals surface area (Å²) in [6.07, 6.45) is 9.80. The number of nitrogens with two attached hydrogens (primary N) is 1. The molecule has 0 saturated heterocycles. The first-order chi connectivity index (χ1) is 6.65. The van der Waals surface area contributed by atoms with E-state index in [0.29, 0.717) is 11.5 Å². The average molecular weight is 195 g/mol. The highest BCUT2D eigenvalue weighted by atomic mass is 14.7. The largest absolute Gasteiger partial charge is 0.327 e. The molecule has 0 amide bonds. The molecule has 0 radical (unpaired) electrons. The highest BCUT2D eigenvalue weighted by Crippen LogP contribution is 2.51. The summed E-state index contributed by atoms with van der Waals surface area (Å²) in [6.45, 7) is 4.71. The lowest BCUT2D eigenvalue weighted by molar-refractivity contribution is 0.199. The first-order valence-corrected chi connectivity index (χ1v) is 6.41. The van der Waals surface area contributed by atoms with Gasteiger partial charge in [-0.25, -0.2) is 0 Å². The van der Waals surface area contributed by atoms with Crippen LogP contribution < -0.4 is 5.73 Å². The third kappa shape index (κ3) is 1.98. The molecular formula is C13H25N. The maximum Gasteiger partial charge on any atom is 0.0121 e. The molecule has 0 aromatic heterocycles. The summed E-state index contributed by atoms with van der Waals surface area (Å²) in [5.74, 6) is 1.84. The molecule has 0 aromatic rings. The summed E-state index contributed by atoms with van der Waals surface area (Å²) in [5, 5.41) is 0. The van der Waals surface area contributed by atoms with Crippen molar-refractivity contribution in [2.45, 2.75) is 64.8 Å². The molecule has 2 aliphatic carbocycles. The van der Waals surface area contributed by atoms with Crippen molar-refractivity contribution in [3.63, 3.8) is 0 Å². The maximum absolute atomic E-state index is 6.37. The van der Waals surface area contributed by atoms with Gasteiger partial charge in [0.1, 0.15) is 0 Å². The van der Waals surface area contributed by atoms with Gasteiger partial charge in [0.2, 0.25) is 0 Å². The summed E-state index contributed by atoms with van der Waals surface area (Å²) < 4.78 is 0. The standard InChI is InChI=1S/C13H25N/c1-3-10-4-6-11(7-5-10)12(14)13(2)8-9-13/h10-12H,3-9,14H2,1-2H3. The summed E-state index contributed by atoms with van der Waals surface area (Å²) in [7, 11) is 0. The Kier molecular flexibility index (Phi) is 2.88. The molecule has 0 heterocycles. The second-order valence-electron chi connectivity index (χ2n) is 5.87. The molecule has 14 heavy (non-hydrogen) atoms. The van der Waals surface area contributed by atoms with E-state index in [1.807, 2.05) is 0 Å². The SMILES string of the molecule is CCC1CCC(C(N)C2(C)CC2)CC1. The molecule has 82 valence electrons. The molecule has 1 atom stereocenters. The second kappa shape index (κ2) is 3.84. The minimum Gasteiger partial charge on any atom is -0.327 e. The van der Waals surface area contributed by atoms with Crippen molar-refractivity contribution in [1.82, 2.24) is 0 Å². The van der Waals surface area contributed by atoms with E-state index in [1.54, 1.807) is 0 Å². The highest BCUT2D eigenvalue weighted by molar-refractivity contribution is 5.00. The van der Waals surface area contributed by atoms with E-state index in [2.05, 4.69) is 13.8 Å². The van der Waals surface area contributed by atoms with Crippen LogP contribution >= 0.6 is 0 Å². The molecule has 0 bridgehead atoms. The topological polar surface area (TPSA) is 26.0 Å². The van der Waals surface area contributed by atoms with Gasteiger partial charge < -0.3 is 5.73 Å². The predicted octanol–water partition coefficient (Wildman–Crippen LogP) is 3.33. The Hall–Kier alpha value is -0.0400. The van der Waals surface area contributed by atoms with Crippen molar-refractivity contribution in [1.29, 1.82) is 0 Å². The van der Waals surface area contributed by atoms with Gasteiger partial charge in [-0.15, -0.1) is 0 Å². The molecule has 2 rings (SSSR count). The van der Waals surface area contributed by atoms with E-state index < -0.39 is 0 Å². The van der Waals surface area contributed by atoms with Crippen molar-refractivity contribution in [2.24, 2.45) is 23.0 Å². The molecule has 2 aliphatic rings. The van der Waals surface area contributed by atoms with Crippen LogP contribution in [0.15, 0.2) is 0 Å². The van der Waals surface area contributed by atoms with Crippen LogP contribution in [0.2, 0.25) is 0 Å². The van der Waals surface area contributed by atoms with E-state index >= 15 is 0 Å². The van der Waals surface area contributed by atoms with Crippen LogP contribution in [0.1, 0.15) is 58.8 Å². The molecule has 1 nitrogen and oxygen atoms in total. The zero-order chi connectivity index (χ0) is 10.2. The molecule has 0 spiro atoms. The van der Waals surface area contributed by atoms with Gasteiger partial charge >= 0.3 is 0 Å². The monoisotopic (exact) mass is 195 g/mol. The zero-order valence-corrected chi connectivity index (χ0v) is 9.76. The summed E-state index contributed by atoms with van der Waals surface area (Å²) >= 11 is 0. The van der Waals surface area contributed by atoms with Gasteiger partial charge in [0.25, 0.3) is 0 Å². The van der Waals surface area contributed by atoms with E-state index in [4.69, 9.17) is 5.73 Å². The van der Waals surface area contributed by atoms with Crippen LogP contribution in [-0.4, -0.2) is 6.04 Å². The van der Waals surface area contributed by atoms with Gasteiger partial charge in [0.05, 0.1) is 0 Å². The normalized spacial score (nSPS) is 37.9. The van der Waals surface area contributed by atoms with Crippen LogP contribution in [0, 0.1) is 17.3 Å². The van der Waals surface area contributed by atoms with Crippen LogP contribution in [0.25, 0.3) is 0 Å². The molecular weight excluding hydrogens is 170 g/mol. The van der Waals surface area contributed by atoms with Gasteiger partial charge in [0.15, 0.2) is 0 Å². The fourth-order valence-electron chi connectivity index (χ4n) is 3.06. The molecule has 1 heteroatoms. The van der Waals surface area contributed by atoms with Crippen LogP contribution in [0.4, 0.5) is 0 Å². The smallest absolute Gasteiger partial charge is 0.0121 e. The van der Waals surface area contributed by atoms with E-state index in [9.17, 15) is 0 Å².